The van der Waals surface area contributed by atoms with Crippen molar-refractivity contribution in [3.8, 4) is 0 Å². The quantitative estimate of drug-likeness (QED) is 0.843. The summed E-state index contributed by atoms with van der Waals surface area (Å²) in [5.41, 5.74) is 7.81. The maximum Gasteiger partial charge on any atom is 0.245 e. The van der Waals surface area contributed by atoms with E-state index in [1.807, 2.05) is 26.8 Å². The van der Waals surface area contributed by atoms with Crippen molar-refractivity contribution in [1.29, 1.82) is 0 Å². The molecule has 0 bridgehead atoms. The van der Waals surface area contributed by atoms with Crippen molar-refractivity contribution in [3.63, 3.8) is 0 Å². The van der Waals surface area contributed by atoms with E-state index in [9.17, 15) is 8.42 Å². The number of hydrogen-bond acceptors (Lipinski definition) is 4. The van der Waals surface area contributed by atoms with Gasteiger partial charge < -0.3 is 10.5 Å². The molecule has 1 heterocycles. The summed E-state index contributed by atoms with van der Waals surface area (Å²) in [6, 6.07) is 3.64. The third-order valence-corrected chi connectivity index (χ3v) is 5.63. The summed E-state index contributed by atoms with van der Waals surface area (Å²) in [5.74, 6) is 0. The number of anilines is 1. The van der Waals surface area contributed by atoms with Crippen molar-refractivity contribution >= 4 is 15.7 Å². The normalized spacial score (nSPS) is 24.8. The van der Waals surface area contributed by atoms with Crippen LogP contribution in [-0.4, -0.2) is 38.0 Å². The molecule has 0 amide bonds. The number of hydrogen-bond donors (Lipinski definition) is 1. The van der Waals surface area contributed by atoms with Gasteiger partial charge in [0.15, 0.2) is 0 Å². The Morgan fingerprint density at radius 2 is 1.65 bits per heavy atom. The molecular formula is C14H22N2O3S. The van der Waals surface area contributed by atoms with Gasteiger partial charge in [-0.3, -0.25) is 0 Å². The Labute approximate surface area is 120 Å². The van der Waals surface area contributed by atoms with Gasteiger partial charge in [-0.2, -0.15) is 4.31 Å². The molecule has 1 aliphatic heterocycles. The predicted molar refractivity (Wildman–Crippen MR) is 79.1 cm³/mol. The fourth-order valence-corrected chi connectivity index (χ4v) is 4.59. The average molecular weight is 298 g/mol. The number of aryl methyl sites for hydroxylation is 2. The fourth-order valence-electron chi connectivity index (χ4n) is 2.61. The van der Waals surface area contributed by atoms with E-state index in [0.29, 0.717) is 24.3 Å². The van der Waals surface area contributed by atoms with Crippen molar-refractivity contribution in [2.24, 2.45) is 0 Å². The van der Waals surface area contributed by atoms with Crippen LogP contribution in [0.3, 0.4) is 0 Å². The Bertz CT molecular complexity index is 603. The summed E-state index contributed by atoms with van der Waals surface area (Å²) >= 11 is 0. The number of ether oxygens (including phenoxy) is 1. The van der Waals surface area contributed by atoms with E-state index in [1.54, 1.807) is 13.0 Å². The van der Waals surface area contributed by atoms with E-state index < -0.39 is 10.0 Å². The summed E-state index contributed by atoms with van der Waals surface area (Å²) < 4.78 is 32.8. The third kappa shape index (κ3) is 2.68. The van der Waals surface area contributed by atoms with Crippen LogP contribution in [0.5, 0.6) is 0 Å². The first kappa shape index (κ1) is 15.3. The molecule has 1 aliphatic rings. The summed E-state index contributed by atoms with van der Waals surface area (Å²) in [4.78, 5) is 0.235. The molecule has 2 N–H and O–H groups in total. The summed E-state index contributed by atoms with van der Waals surface area (Å²) in [7, 11) is -3.58. The van der Waals surface area contributed by atoms with Crippen molar-refractivity contribution in [3.05, 3.63) is 23.3 Å². The van der Waals surface area contributed by atoms with Gasteiger partial charge in [0.2, 0.25) is 10.0 Å². The highest BCUT2D eigenvalue weighted by atomic mass is 32.2. The van der Waals surface area contributed by atoms with Gasteiger partial charge in [0.1, 0.15) is 4.90 Å². The molecule has 2 unspecified atom stereocenters. The molecule has 112 valence electrons. The molecule has 0 aromatic heterocycles. The minimum atomic E-state index is -3.58. The van der Waals surface area contributed by atoms with Gasteiger partial charge in [-0.25, -0.2) is 8.42 Å². The van der Waals surface area contributed by atoms with Crippen molar-refractivity contribution in [2.45, 2.75) is 44.8 Å². The Kier molecular flexibility index (Phi) is 4.09. The molecule has 1 saturated heterocycles. The lowest BCUT2D eigenvalue weighted by atomic mass is 10.1. The molecule has 5 nitrogen and oxygen atoms in total. The van der Waals surface area contributed by atoms with Gasteiger partial charge in [0, 0.05) is 13.1 Å². The van der Waals surface area contributed by atoms with E-state index in [4.69, 9.17) is 10.5 Å². The van der Waals surface area contributed by atoms with E-state index >= 15 is 0 Å². The predicted octanol–water partition coefficient (Wildman–Crippen LogP) is 1.68. The number of sulfonamides is 1. The second kappa shape index (κ2) is 5.35. The van der Waals surface area contributed by atoms with E-state index in [1.165, 1.54) is 4.31 Å². The largest absolute Gasteiger partial charge is 0.397 e. The first-order valence-electron chi connectivity index (χ1n) is 6.74. The minimum absolute atomic E-state index is 0.111. The molecule has 0 saturated carbocycles. The van der Waals surface area contributed by atoms with Crippen LogP contribution >= 0.6 is 0 Å². The molecule has 1 aromatic rings. The number of rotatable bonds is 2. The van der Waals surface area contributed by atoms with Crippen LogP contribution in [0, 0.1) is 13.8 Å². The van der Waals surface area contributed by atoms with Crippen LogP contribution in [-0.2, 0) is 14.8 Å². The molecule has 0 aliphatic carbocycles. The van der Waals surface area contributed by atoms with Crippen molar-refractivity contribution in [1.82, 2.24) is 4.31 Å². The average Bonchev–Trinajstić information content (AvgIpc) is 2.33. The molecule has 2 rings (SSSR count). The molecule has 1 fully saturated rings. The van der Waals surface area contributed by atoms with Crippen LogP contribution < -0.4 is 5.73 Å². The zero-order valence-electron chi connectivity index (χ0n) is 12.4. The van der Waals surface area contributed by atoms with Gasteiger partial charge in [0.25, 0.3) is 0 Å². The molecule has 2 atom stereocenters. The number of nitrogens with zero attached hydrogens (tertiary/aromatic N) is 1. The highest BCUT2D eigenvalue weighted by molar-refractivity contribution is 7.89. The Balaban J connectivity index is 2.48. The molecular weight excluding hydrogens is 276 g/mol. The monoisotopic (exact) mass is 298 g/mol. The Morgan fingerprint density at radius 1 is 1.15 bits per heavy atom. The van der Waals surface area contributed by atoms with Crippen molar-refractivity contribution in [2.75, 3.05) is 18.8 Å². The summed E-state index contributed by atoms with van der Waals surface area (Å²) in [5, 5.41) is 0. The van der Waals surface area contributed by atoms with Crippen molar-refractivity contribution < 1.29 is 13.2 Å². The minimum Gasteiger partial charge on any atom is -0.397 e. The van der Waals surface area contributed by atoms with Gasteiger partial charge >= 0.3 is 0 Å². The summed E-state index contributed by atoms with van der Waals surface area (Å²) in [6.45, 7) is 8.07. The number of morpholine rings is 1. The zero-order valence-corrected chi connectivity index (χ0v) is 13.2. The van der Waals surface area contributed by atoms with Crippen LogP contribution in [0.15, 0.2) is 17.0 Å². The molecule has 0 spiro atoms. The molecule has 20 heavy (non-hydrogen) atoms. The van der Waals surface area contributed by atoms with Gasteiger partial charge in [-0.05, 0) is 38.8 Å². The second-order valence-corrected chi connectivity index (χ2v) is 7.40. The highest BCUT2D eigenvalue weighted by Crippen LogP contribution is 2.30. The maximum atomic E-state index is 12.9. The first-order valence-corrected chi connectivity index (χ1v) is 8.18. The maximum absolute atomic E-state index is 12.9. The SMILES string of the molecule is Cc1ccc(C)c(S(=O)(=O)N2CC(C)OC(C)C2)c1N. The molecule has 6 heteroatoms. The zero-order chi connectivity index (χ0) is 15.1. The van der Waals surface area contributed by atoms with E-state index in [2.05, 4.69) is 0 Å². The second-order valence-electron chi connectivity index (χ2n) is 5.52. The third-order valence-electron chi connectivity index (χ3n) is 3.59. The van der Waals surface area contributed by atoms with Crippen LogP contribution in [0.25, 0.3) is 0 Å². The smallest absolute Gasteiger partial charge is 0.245 e. The van der Waals surface area contributed by atoms with E-state index in [0.717, 1.165) is 5.56 Å². The van der Waals surface area contributed by atoms with Crippen LogP contribution in [0.4, 0.5) is 5.69 Å². The number of nitrogens with two attached hydrogens (primary N) is 1. The van der Waals surface area contributed by atoms with E-state index in [-0.39, 0.29) is 17.1 Å². The lowest BCUT2D eigenvalue weighted by Crippen LogP contribution is -2.48. The van der Waals surface area contributed by atoms with Gasteiger partial charge in [0.05, 0.1) is 17.9 Å². The topological polar surface area (TPSA) is 72.6 Å². The highest BCUT2D eigenvalue weighted by Gasteiger charge is 2.34. The molecule has 0 radical (unpaired) electrons. The van der Waals surface area contributed by atoms with Crippen LogP contribution in [0.2, 0.25) is 0 Å². The first-order chi connectivity index (χ1) is 9.23. The fraction of sp³-hybridized carbons (Fsp3) is 0.571. The van der Waals surface area contributed by atoms with Gasteiger partial charge in [-0.15, -0.1) is 0 Å². The summed E-state index contributed by atoms with van der Waals surface area (Å²) in [6.07, 6.45) is -0.222. The van der Waals surface area contributed by atoms with Crippen LogP contribution in [0.1, 0.15) is 25.0 Å². The van der Waals surface area contributed by atoms with Gasteiger partial charge in [-0.1, -0.05) is 12.1 Å². The lowest BCUT2D eigenvalue weighted by molar-refractivity contribution is -0.0440. The Morgan fingerprint density at radius 3 is 2.20 bits per heavy atom. The Hall–Kier alpha value is -1.11. The number of nitrogen functional groups attached to an aromatic ring is 1. The molecule has 1 aromatic carbocycles. The lowest BCUT2D eigenvalue weighted by Gasteiger charge is -2.35. The number of benzene rings is 1. The standard InChI is InChI=1S/C14H22N2O3S/c1-9-5-6-10(2)14(13(9)15)20(17,18)16-7-11(3)19-12(4)8-16/h5-6,11-12H,7-8,15H2,1-4H3.